The van der Waals surface area contributed by atoms with Crippen molar-refractivity contribution >= 4 is 22.4 Å². The van der Waals surface area contributed by atoms with Gasteiger partial charge in [-0.2, -0.15) is 0 Å². The average molecular weight is 428 g/mol. The summed E-state index contributed by atoms with van der Waals surface area (Å²) in [4.78, 5) is 25.4. The molecule has 0 spiro atoms. The minimum Gasteiger partial charge on any atom is -0.455 e. The number of aliphatic hydroxyl groups is 1. The lowest BCUT2D eigenvalue weighted by molar-refractivity contribution is 0.0904. The van der Waals surface area contributed by atoms with E-state index in [1.165, 1.54) is 0 Å². The molecule has 0 aliphatic rings. The van der Waals surface area contributed by atoms with Crippen LogP contribution < -0.4 is 10.7 Å². The SMILES string of the molecule is Cc1cc([C@@H](C)Nc2ccccc2C(=O)CO)c2oc(-c3ccccc3)c(C)c(=O)c2c1. The summed E-state index contributed by atoms with van der Waals surface area (Å²) in [6.45, 7) is 5.12. The summed E-state index contributed by atoms with van der Waals surface area (Å²) in [5.74, 6) is 0.194. The zero-order chi connectivity index (χ0) is 22.8. The van der Waals surface area contributed by atoms with Crippen LogP contribution in [-0.4, -0.2) is 17.5 Å². The van der Waals surface area contributed by atoms with Gasteiger partial charge in [0.05, 0.1) is 11.4 Å². The van der Waals surface area contributed by atoms with Crippen molar-refractivity contribution in [3.8, 4) is 11.3 Å². The largest absolute Gasteiger partial charge is 0.455 e. The van der Waals surface area contributed by atoms with Crippen molar-refractivity contribution < 1.29 is 14.3 Å². The average Bonchev–Trinajstić information content (AvgIpc) is 2.81. The lowest BCUT2D eigenvalue weighted by atomic mass is 9.98. The van der Waals surface area contributed by atoms with Gasteiger partial charge in [-0.05, 0) is 44.5 Å². The third kappa shape index (κ3) is 3.95. The van der Waals surface area contributed by atoms with E-state index in [2.05, 4.69) is 5.32 Å². The molecule has 0 saturated carbocycles. The quantitative estimate of drug-likeness (QED) is 0.402. The second-order valence-electron chi connectivity index (χ2n) is 7.98. The molecule has 5 nitrogen and oxygen atoms in total. The summed E-state index contributed by atoms with van der Waals surface area (Å²) in [5, 5.41) is 13.2. The number of para-hydroxylation sites is 1. The molecule has 1 atom stereocenters. The van der Waals surface area contributed by atoms with Crippen molar-refractivity contribution in [3.05, 3.63) is 99.2 Å². The number of carbonyl (C=O) groups excluding carboxylic acids is 1. The fraction of sp³-hybridized carbons (Fsp3) is 0.185. The molecule has 5 heteroatoms. The van der Waals surface area contributed by atoms with E-state index in [0.717, 1.165) is 16.7 Å². The molecule has 0 saturated heterocycles. The third-order valence-corrected chi connectivity index (χ3v) is 5.64. The lowest BCUT2D eigenvalue weighted by Crippen LogP contribution is -2.14. The van der Waals surface area contributed by atoms with E-state index in [9.17, 15) is 14.7 Å². The number of rotatable bonds is 6. The molecule has 4 aromatic rings. The summed E-state index contributed by atoms with van der Waals surface area (Å²) >= 11 is 0. The van der Waals surface area contributed by atoms with Gasteiger partial charge in [0.25, 0.3) is 0 Å². The van der Waals surface area contributed by atoms with Crippen molar-refractivity contribution in [1.29, 1.82) is 0 Å². The fourth-order valence-electron chi connectivity index (χ4n) is 4.00. The zero-order valence-corrected chi connectivity index (χ0v) is 18.3. The molecule has 162 valence electrons. The summed E-state index contributed by atoms with van der Waals surface area (Å²) < 4.78 is 6.36. The van der Waals surface area contributed by atoms with Crippen LogP contribution in [0.4, 0.5) is 5.69 Å². The Labute approximate surface area is 186 Å². The normalized spacial score (nSPS) is 12.0. The minimum atomic E-state index is -0.560. The maximum atomic E-state index is 13.2. The van der Waals surface area contributed by atoms with Crippen molar-refractivity contribution in [2.75, 3.05) is 11.9 Å². The van der Waals surface area contributed by atoms with Gasteiger partial charge in [0.2, 0.25) is 0 Å². The van der Waals surface area contributed by atoms with Gasteiger partial charge in [0.1, 0.15) is 18.0 Å². The van der Waals surface area contributed by atoms with E-state index >= 15 is 0 Å². The van der Waals surface area contributed by atoms with Crippen molar-refractivity contribution in [3.63, 3.8) is 0 Å². The fourth-order valence-corrected chi connectivity index (χ4v) is 4.00. The molecule has 3 aromatic carbocycles. The van der Waals surface area contributed by atoms with Gasteiger partial charge < -0.3 is 14.8 Å². The molecule has 2 N–H and O–H groups in total. The Hall–Kier alpha value is -3.70. The predicted octanol–water partition coefficient (Wildman–Crippen LogP) is 5.42. The Morgan fingerprint density at radius 1 is 1.03 bits per heavy atom. The molecule has 0 aliphatic carbocycles. The molecule has 0 unspecified atom stereocenters. The molecule has 0 aliphatic heterocycles. The number of ketones is 1. The Morgan fingerprint density at radius 2 is 1.72 bits per heavy atom. The van der Waals surface area contributed by atoms with Gasteiger partial charge >= 0.3 is 0 Å². The second kappa shape index (κ2) is 8.81. The van der Waals surface area contributed by atoms with Crippen molar-refractivity contribution in [2.24, 2.45) is 0 Å². The van der Waals surface area contributed by atoms with Crippen LogP contribution in [-0.2, 0) is 0 Å². The number of hydrogen-bond donors (Lipinski definition) is 2. The van der Waals surface area contributed by atoms with Crippen LogP contribution in [0.5, 0.6) is 0 Å². The van der Waals surface area contributed by atoms with Crippen LogP contribution in [0.15, 0.2) is 75.9 Å². The van der Waals surface area contributed by atoms with E-state index < -0.39 is 6.61 Å². The molecule has 1 aromatic heterocycles. The van der Waals surface area contributed by atoms with Crippen molar-refractivity contribution in [1.82, 2.24) is 0 Å². The second-order valence-corrected chi connectivity index (χ2v) is 7.98. The highest BCUT2D eigenvalue weighted by Crippen LogP contribution is 2.32. The Bertz CT molecular complexity index is 1360. The van der Waals surface area contributed by atoms with Crippen LogP contribution in [0.3, 0.4) is 0 Å². The number of benzene rings is 3. The van der Waals surface area contributed by atoms with Gasteiger partial charge in [-0.1, -0.05) is 48.5 Å². The molecule has 0 radical (unpaired) electrons. The number of fused-ring (bicyclic) bond motifs is 1. The Balaban J connectivity index is 1.87. The number of aryl methyl sites for hydroxylation is 1. The summed E-state index contributed by atoms with van der Waals surface area (Å²) in [6.07, 6.45) is 0. The third-order valence-electron chi connectivity index (χ3n) is 5.64. The van der Waals surface area contributed by atoms with E-state index in [-0.39, 0.29) is 17.3 Å². The molecule has 4 rings (SSSR count). The molecule has 0 amide bonds. The first-order valence-electron chi connectivity index (χ1n) is 10.5. The number of anilines is 1. The predicted molar refractivity (Wildman–Crippen MR) is 127 cm³/mol. The van der Waals surface area contributed by atoms with Crippen LogP contribution in [0.2, 0.25) is 0 Å². The first kappa shape index (κ1) is 21.5. The number of carbonyl (C=O) groups is 1. The topological polar surface area (TPSA) is 79.5 Å². The molecule has 0 fully saturated rings. The molecular formula is C27H25NO4. The van der Waals surface area contributed by atoms with Gasteiger partial charge in [-0.25, -0.2) is 0 Å². The molecule has 32 heavy (non-hydrogen) atoms. The highest BCUT2D eigenvalue weighted by molar-refractivity contribution is 6.02. The highest BCUT2D eigenvalue weighted by Gasteiger charge is 2.20. The lowest BCUT2D eigenvalue weighted by Gasteiger charge is -2.20. The van der Waals surface area contributed by atoms with E-state index in [1.54, 1.807) is 25.1 Å². The van der Waals surface area contributed by atoms with Gasteiger partial charge in [0, 0.05) is 27.9 Å². The van der Waals surface area contributed by atoms with Gasteiger partial charge in [-0.3, -0.25) is 9.59 Å². The number of hydrogen-bond acceptors (Lipinski definition) is 5. The van der Waals surface area contributed by atoms with Crippen LogP contribution in [0, 0.1) is 13.8 Å². The number of nitrogens with one attached hydrogen (secondary N) is 1. The minimum absolute atomic E-state index is 0.0573. The Morgan fingerprint density at radius 3 is 2.44 bits per heavy atom. The summed E-state index contributed by atoms with van der Waals surface area (Å²) in [7, 11) is 0. The van der Waals surface area contributed by atoms with Gasteiger partial charge in [0.15, 0.2) is 11.2 Å². The first-order chi connectivity index (χ1) is 15.4. The maximum absolute atomic E-state index is 13.2. The zero-order valence-electron chi connectivity index (χ0n) is 18.3. The van der Waals surface area contributed by atoms with Crippen LogP contribution in [0.1, 0.15) is 40.0 Å². The number of aliphatic hydroxyl groups excluding tert-OH is 1. The van der Waals surface area contributed by atoms with Crippen LogP contribution >= 0.6 is 0 Å². The molecular weight excluding hydrogens is 402 g/mol. The van der Waals surface area contributed by atoms with Gasteiger partial charge in [-0.15, -0.1) is 0 Å². The van der Waals surface area contributed by atoms with Crippen LogP contribution in [0.25, 0.3) is 22.3 Å². The first-order valence-corrected chi connectivity index (χ1v) is 10.5. The monoisotopic (exact) mass is 427 g/mol. The van der Waals surface area contributed by atoms with E-state index in [1.807, 2.05) is 62.4 Å². The highest BCUT2D eigenvalue weighted by atomic mass is 16.3. The van der Waals surface area contributed by atoms with E-state index in [0.29, 0.717) is 33.5 Å². The van der Waals surface area contributed by atoms with Crippen molar-refractivity contribution in [2.45, 2.75) is 26.8 Å². The molecule has 1 heterocycles. The maximum Gasteiger partial charge on any atom is 0.196 e. The standard InChI is InChI=1S/C27H25NO4/c1-16-13-21(18(3)28-23-12-8-7-11-20(23)24(30)15-29)27-22(14-16)25(31)17(2)26(32-27)19-9-5-4-6-10-19/h4-14,18,28-29H,15H2,1-3H3/t18-/m1/s1. The number of Topliss-reactive ketones (excluding diaryl/α,β-unsaturated/α-hetero) is 1. The summed E-state index contributed by atoms with van der Waals surface area (Å²) in [5.41, 5.74) is 4.68. The summed E-state index contributed by atoms with van der Waals surface area (Å²) in [6, 6.07) is 20.2. The Kier molecular flexibility index (Phi) is 5.93. The molecule has 0 bridgehead atoms. The van der Waals surface area contributed by atoms with E-state index in [4.69, 9.17) is 4.42 Å². The smallest absolute Gasteiger partial charge is 0.196 e.